The van der Waals surface area contributed by atoms with Crippen LogP contribution in [0.3, 0.4) is 0 Å². The minimum Gasteiger partial charge on any atom is -0.461 e. The van der Waals surface area contributed by atoms with Gasteiger partial charge in [-0.2, -0.15) is 10.2 Å². The van der Waals surface area contributed by atoms with Crippen molar-refractivity contribution in [2.24, 2.45) is 33.9 Å². The average Bonchev–Trinajstić information content (AvgIpc) is 3.74. The van der Waals surface area contributed by atoms with Crippen LogP contribution in [0.15, 0.2) is 52.0 Å². The number of carbonyl (C=O) groups is 2. The Balaban J connectivity index is 1.91. The summed E-state index contributed by atoms with van der Waals surface area (Å²) in [5.74, 6) is -5.17. The minimum atomic E-state index is -1.95. The van der Waals surface area contributed by atoms with E-state index in [2.05, 4.69) is 5.10 Å². The Morgan fingerprint density at radius 2 is 1.73 bits per heavy atom. The third kappa shape index (κ3) is 11.6. The number of cyclic esters (lactones) is 1. The minimum absolute atomic E-state index is 0.146. The normalized spacial score (nSPS) is 37.5. The summed E-state index contributed by atoms with van der Waals surface area (Å²) >= 11 is 1.51. The second kappa shape index (κ2) is 20.6. The molecule has 14 atom stereocenters. The van der Waals surface area contributed by atoms with E-state index in [9.17, 15) is 29.3 Å². The van der Waals surface area contributed by atoms with Gasteiger partial charge in [0.15, 0.2) is 6.29 Å². The quantitative estimate of drug-likeness (QED) is 0.150. The van der Waals surface area contributed by atoms with Crippen LogP contribution < -0.4 is 0 Å². The highest BCUT2D eigenvalue weighted by atomic mass is 32.1. The third-order valence-corrected chi connectivity index (χ3v) is 13.2. The molecule has 2 fully saturated rings. The first kappa shape index (κ1) is 48.5. The first-order valence-corrected chi connectivity index (χ1v) is 21.4. The summed E-state index contributed by atoms with van der Waals surface area (Å²) in [6.45, 7) is 15.8. The van der Waals surface area contributed by atoms with Crippen molar-refractivity contribution in [1.82, 2.24) is 4.90 Å². The molecule has 2 aliphatic heterocycles. The number of hydrogen-bond acceptors (Lipinski definition) is 14. The molecule has 1 aromatic heterocycles. The summed E-state index contributed by atoms with van der Waals surface area (Å²) in [5, 5.41) is 47.0. The zero-order valence-electron chi connectivity index (χ0n) is 36.6. The Hall–Kier alpha value is -3.15. The zero-order valence-corrected chi connectivity index (χ0v) is 37.4. The van der Waals surface area contributed by atoms with E-state index in [4.69, 9.17) is 28.8 Å². The first-order valence-electron chi connectivity index (χ1n) is 20.6. The van der Waals surface area contributed by atoms with Crippen LogP contribution in [0.4, 0.5) is 4.39 Å². The number of thiophene rings is 1. The van der Waals surface area contributed by atoms with Gasteiger partial charge in [0.05, 0.1) is 46.8 Å². The number of aliphatic hydroxyl groups excluding tert-OH is 2. The van der Waals surface area contributed by atoms with Crippen molar-refractivity contribution >= 4 is 34.7 Å². The van der Waals surface area contributed by atoms with Crippen LogP contribution in [0, 0.1) is 29.5 Å². The number of rotatable bonds is 10. The van der Waals surface area contributed by atoms with E-state index in [0.717, 1.165) is 4.88 Å². The smallest absolute Gasteiger partial charge is 0.312 e. The Labute approximate surface area is 352 Å². The van der Waals surface area contributed by atoms with Gasteiger partial charge in [-0.25, -0.2) is 4.39 Å². The molecule has 330 valence electrons. The standard InChI is InChI=1S/C44H66FN3O10S/c1-13-34-44(9,53)39(51)26(4)36(47-46-29(7)33-15-14-20-59-33)24(2)23-43(8,54-12)40(58-42-37(50)32(48(10)11)21-25(3)55-42)27(5)38(28(6)41(52)56-34)57-35(49)22-30-16-18-31(45)19-17-30/h14-20,24-28,32,34,37-40,42,50-51,53H,13,21-23H2,1-12H3/b46-29+,47-36+/t24-,25?,26+,27+,28-,32?,34-,37?,38+,39-,40-,42?,43-,44-/m1/s1. The average molecular weight is 848 g/mol. The zero-order chi connectivity index (χ0) is 44.0. The molecule has 4 rings (SSSR count). The van der Waals surface area contributed by atoms with E-state index >= 15 is 0 Å². The fourth-order valence-electron chi connectivity index (χ4n) is 8.61. The summed E-state index contributed by atoms with van der Waals surface area (Å²) in [6, 6.07) is 9.00. The van der Waals surface area contributed by atoms with Crippen molar-refractivity contribution < 1.29 is 53.0 Å². The van der Waals surface area contributed by atoms with Crippen LogP contribution in [0.5, 0.6) is 0 Å². The maximum Gasteiger partial charge on any atom is 0.312 e. The molecule has 3 heterocycles. The molecule has 15 heteroatoms. The van der Waals surface area contributed by atoms with Gasteiger partial charge >= 0.3 is 11.9 Å². The maximum atomic E-state index is 14.3. The van der Waals surface area contributed by atoms with Gasteiger partial charge in [0, 0.05) is 30.7 Å². The monoisotopic (exact) mass is 847 g/mol. The molecule has 4 unspecified atom stereocenters. The molecule has 0 saturated carbocycles. The highest BCUT2D eigenvalue weighted by Crippen LogP contribution is 2.40. The molecule has 3 N–H and O–H groups in total. The van der Waals surface area contributed by atoms with Crippen molar-refractivity contribution in [3.8, 4) is 0 Å². The molecule has 13 nitrogen and oxygen atoms in total. The van der Waals surface area contributed by atoms with Gasteiger partial charge in [-0.3, -0.25) is 9.59 Å². The summed E-state index contributed by atoms with van der Waals surface area (Å²) < 4.78 is 45.6. The molecule has 2 aliphatic rings. The molecule has 0 bridgehead atoms. The number of carbonyl (C=O) groups excluding carboxylic acids is 2. The Morgan fingerprint density at radius 1 is 1.07 bits per heavy atom. The van der Waals surface area contributed by atoms with Gasteiger partial charge in [0.1, 0.15) is 29.7 Å². The fraction of sp³-hybridized carbons (Fsp3) is 0.682. The highest BCUT2D eigenvalue weighted by molar-refractivity contribution is 7.12. The van der Waals surface area contributed by atoms with E-state index in [-0.39, 0.29) is 31.4 Å². The summed E-state index contributed by atoms with van der Waals surface area (Å²) in [7, 11) is 5.27. The Morgan fingerprint density at radius 3 is 2.31 bits per heavy atom. The van der Waals surface area contributed by atoms with Gasteiger partial charge in [0.2, 0.25) is 0 Å². The lowest BCUT2D eigenvalue weighted by molar-refractivity contribution is -0.301. The molecule has 2 saturated heterocycles. The third-order valence-electron chi connectivity index (χ3n) is 12.2. The second-order valence-electron chi connectivity index (χ2n) is 17.1. The number of methoxy groups -OCH3 is 1. The first-order chi connectivity index (χ1) is 27.6. The predicted octanol–water partition coefficient (Wildman–Crippen LogP) is 5.80. The topological polar surface area (TPSA) is 169 Å². The van der Waals surface area contributed by atoms with Gasteiger partial charge in [-0.05, 0) is 103 Å². The fourth-order valence-corrected chi connectivity index (χ4v) is 9.28. The van der Waals surface area contributed by atoms with Crippen molar-refractivity contribution in [2.75, 3.05) is 21.2 Å². The summed E-state index contributed by atoms with van der Waals surface area (Å²) in [4.78, 5) is 30.9. The van der Waals surface area contributed by atoms with Gasteiger partial charge in [-0.1, -0.05) is 45.9 Å². The van der Waals surface area contributed by atoms with Crippen molar-refractivity contribution in [2.45, 2.75) is 148 Å². The molecule has 0 amide bonds. The molecule has 1 aromatic carbocycles. The van der Waals surface area contributed by atoms with Crippen LogP contribution in [0.1, 0.15) is 92.0 Å². The summed E-state index contributed by atoms with van der Waals surface area (Å²) in [5.41, 5.74) is -1.61. The number of ether oxygens (including phenoxy) is 5. The number of benzene rings is 1. The van der Waals surface area contributed by atoms with Crippen LogP contribution in [0.25, 0.3) is 0 Å². The number of esters is 2. The molecular formula is C44H66FN3O10S. The highest BCUT2D eigenvalue weighted by Gasteiger charge is 2.52. The van der Waals surface area contributed by atoms with Gasteiger partial charge < -0.3 is 43.9 Å². The number of aliphatic hydroxyl groups is 3. The predicted molar refractivity (Wildman–Crippen MR) is 225 cm³/mol. The van der Waals surface area contributed by atoms with Crippen molar-refractivity contribution in [3.63, 3.8) is 0 Å². The molecule has 59 heavy (non-hydrogen) atoms. The maximum absolute atomic E-state index is 14.3. The van der Waals surface area contributed by atoms with Crippen molar-refractivity contribution in [1.29, 1.82) is 0 Å². The number of hydrogen-bond donors (Lipinski definition) is 3. The Bertz CT molecular complexity index is 1740. The van der Waals surface area contributed by atoms with E-state index < -0.39 is 89.4 Å². The van der Waals surface area contributed by atoms with Gasteiger partial charge in [-0.15, -0.1) is 11.3 Å². The van der Waals surface area contributed by atoms with E-state index in [1.54, 1.807) is 27.7 Å². The van der Waals surface area contributed by atoms with Crippen LogP contribution in [0.2, 0.25) is 0 Å². The lowest BCUT2D eigenvalue weighted by atomic mass is 9.73. The lowest BCUT2D eigenvalue weighted by Gasteiger charge is -2.48. The molecule has 0 radical (unpaired) electrons. The van der Waals surface area contributed by atoms with Crippen LogP contribution >= 0.6 is 11.3 Å². The molecule has 0 spiro atoms. The molecule has 2 aromatic rings. The largest absolute Gasteiger partial charge is 0.461 e. The van der Waals surface area contributed by atoms with Crippen LogP contribution in [-0.2, 0) is 39.7 Å². The number of nitrogens with zero attached hydrogens (tertiary/aromatic N) is 3. The van der Waals surface area contributed by atoms with Crippen LogP contribution in [-0.4, -0.2) is 125 Å². The second-order valence-corrected chi connectivity index (χ2v) is 18.1. The lowest BCUT2D eigenvalue weighted by Crippen LogP contribution is -2.60. The van der Waals surface area contributed by atoms with Gasteiger partial charge in [0.25, 0.3) is 0 Å². The molecule has 0 aliphatic carbocycles. The van der Waals surface area contributed by atoms with E-state index in [1.807, 2.05) is 64.2 Å². The van der Waals surface area contributed by atoms with Crippen molar-refractivity contribution in [3.05, 3.63) is 58.0 Å². The summed E-state index contributed by atoms with van der Waals surface area (Å²) in [6.07, 6.45) is -6.74. The Kier molecular flexibility index (Phi) is 16.9. The SMILES string of the molecule is CC[C@H]1OC(=O)[C@H](C)[C@@H](OC(=O)Cc2ccc(F)cc2)[C@H](C)[C@@H](OC2OC(C)CC(N(C)C)C2O)[C@](C)(OC)C[C@@H](C)/C(=N\N=C(/C)c2cccs2)[C@H](C)[C@@H](O)[C@]1(C)O. The van der Waals surface area contributed by atoms with E-state index in [1.165, 1.54) is 49.6 Å². The van der Waals surface area contributed by atoms with E-state index in [0.29, 0.717) is 23.4 Å². The number of likely N-dealkylation sites (N-methyl/N-ethyl adjacent to an activating group) is 1. The molecular weight excluding hydrogens is 782 g/mol. The number of halogens is 1.